The Bertz CT molecular complexity index is 1340. The first-order valence-electron chi connectivity index (χ1n) is 9.99. The average Bonchev–Trinajstić information content (AvgIpc) is 3.19. The molecule has 0 atom stereocenters. The monoisotopic (exact) mass is 472 g/mol. The second kappa shape index (κ2) is 8.85. The number of sulfonamides is 1. The van der Waals surface area contributed by atoms with Crippen LogP contribution in [0.1, 0.15) is 12.5 Å². The predicted octanol–water partition coefficient (Wildman–Crippen LogP) is 2.45. The van der Waals surface area contributed by atoms with E-state index in [1.807, 2.05) is 0 Å². The maximum absolute atomic E-state index is 12.7. The number of aromatic nitrogens is 2. The van der Waals surface area contributed by atoms with Crippen molar-refractivity contribution in [2.24, 2.45) is 0 Å². The van der Waals surface area contributed by atoms with Crippen LogP contribution >= 0.6 is 11.6 Å². The number of carbonyl (C=O) groups excluding carboxylic acids is 1. The van der Waals surface area contributed by atoms with Gasteiger partial charge in [0.1, 0.15) is 0 Å². The van der Waals surface area contributed by atoms with Crippen LogP contribution < -0.4 is 15.2 Å². The lowest BCUT2D eigenvalue weighted by Crippen LogP contribution is -2.32. The van der Waals surface area contributed by atoms with Crippen molar-refractivity contribution in [2.75, 3.05) is 18.0 Å². The van der Waals surface area contributed by atoms with Crippen LogP contribution in [0.3, 0.4) is 0 Å². The summed E-state index contributed by atoms with van der Waals surface area (Å²) < 4.78 is 29.2. The van der Waals surface area contributed by atoms with Crippen molar-refractivity contribution < 1.29 is 13.2 Å². The Kier molecular flexibility index (Phi) is 6.14. The molecule has 0 bridgehead atoms. The Morgan fingerprint density at radius 3 is 2.59 bits per heavy atom. The van der Waals surface area contributed by atoms with Gasteiger partial charge in [-0.25, -0.2) is 17.8 Å². The molecule has 166 valence electrons. The van der Waals surface area contributed by atoms with Gasteiger partial charge in [-0.3, -0.25) is 9.59 Å². The first kappa shape index (κ1) is 22.2. The minimum atomic E-state index is -3.78. The van der Waals surface area contributed by atoms with Crippen LogP contribution in [-0.2, 0) is 27.8 Å². The molecule has 0 saturated carbocycles. The molecule has 32 heavy (non-hydrogen) atoms. The van der Waals surface area contributed by atoms with Crippen molar-refractivity contribution in [2.45, 2.75) is 24.8 Å². The van der Waals surface area contributed by atoms with E-state index in [1.165, 1.54) is 23.7 Å². The highest BCUT2D eigenvalue weighted by atomic mass is 35.5. The molecule has 3 aromatic rings. The van der Waals surface area contributed by atoms with Crippen molar-refractivity contribution in [3.05, 3.63) is 75.5 Å². The number of hydrogen-bond donors (Lipinski definition) is 1. The van der Waals surface area contributed by atoms with Gasteiger partial charge in [-0.15, -0.1) is 0 Å². The van der Waals surface area contributed by atoms with Crippen molar-refractivity contribution in [3.63, 3.8) is 0 Å². The normalized spacial score (nSPS) is 13.2. The highest BCUT2D eigenvalue weighted by Gasteiger charge is 2.24. The molecular formula is C22H21ClN4O4S. The number of fused-ring (bicyclic) bond motifs is 1. The number of benzene rings is 2. The molecule has 0 spiro atoms. The smallest absolute Gasteiger partial charge is 0.266 e. The number of amides is 1. The highest BCUT2D eigenvalue weighted by molar-refractivity contribution is 7.89. The van der Waals surface area contributed by atoms with E-state index in [4.69, 9.17) is 11.6 Å². The average molecular weight is 473 g/mol. The van der Waals surface area contributed by atoms with E-state index in [0.29, 0.717) is 23.7 Å². The number of rotatable bonds is 6. The fraction of sp³-hybridized carbons (Fsp3) is 0.227. The number of anilines is 1. The molecule has 2 heterocycles. The van der Waals surface area contributed by atoms with E-state index >= 15 is 0 Å². The van der Waals surface area contributed by atoms with Crippen LogP contribution in [0.15, 0.2) is 64.3 Å². The van der Waals surface area contributed by atoms with Crippen molar-refractivity contribution >= 4 is 33.2 Å². The first-order valence-corrected chi connectivity index (χ1v) is 11.9. The summed E-state index contributed by atoms with van der Waals surface area (Å²) in [7, 11) is -3.78. The standard InChI is InChI=1S/C22H21ClN4O4S/c1-15(28)26-12-10-17-14-19(6-8-21(17)26)32(30,31)24-11-13-27-22(29)9-7-20(25-27)16-2-4-18(23)5-3-16/h2-9,14,24H,10-13H2,1H3. The van der Waals surface area contributed by atoms with Gasteiger partial charge in [-0.05, 0) is 48.4 Å². The highest BCUT2D eigenvalue weighted by Crippen LogP contribution is 2.30. The summed E-state index contributed by atoms with van der Waals surface area (Å²) in [6, 6.07) is 14.8. The topological polar surface area (TPSA) is 101 Å². The van der Waals surface area contributed by atoms with Crippen LogP contribution in [0, 0.1) is 0 Å². The summed E-state index contributed by atoms with van der Waals surface area (Å²) in [5.74, 6) is -0.0729. The molecule has 0 unspecified atom stereocenters. The zero-order chi connectivity index (χ0) is 22.9. The van der Waals surface area contributed by atoms with E-state index in [2.05, 4.69) is 9.82 Å². The molecule has 0 aliphatic carbocycles. The molecule has 0 saturated heterocycles. The summed E-state index contributed by atoms with van der Waals surface area (Å²) in [4.78, 5) is 25.6. The van der Waals surface area contributed by atoms with Gasteiger partial charge in [0.2, 0.25) is 15.9 Å². The SMILES string of the molecule is CC(=O)N1CCc2cc(S(=O)(=O)NCCn3nc(-c4ccc(Cl)cc4)ccc3=O)ccc21. The quantitative estimate of drug-likeness (QED) is 0.593. The summed E-state index contributed by atoms with van der Waals surface area (Å²) in [6.45, 7) is 2.10. The second-order valence-corrected chi connectivity index (χ2v) is 9.60. The third kappa shape index (κ3) is 4.59. The number of halogens is 1. The summed E-state index contributed by atoms with van der Waals surface area (Å²) in [5, 5.41) is 4.92. The minimum Gasteiger partial charge on any atom is -0.312 e. The number of nitrogens with one attached hydrogen (secondary N) is 1. The summed E-state index contributed by atoms with van der Waals surface area (Å²) in [6.07, 6.45) is 0.606. The lowest BCUT2D eigenvalue weighted by Gasteiger charge is -2.15. The molecule has 1 aliphatic rings. The molecule has 0 radical (unpaired) electrons. The molecule has 1 aliphatic heterocycles. The van der Waals surface area contributed by atoms with Crippen LogP contribution in [0.25, 0.3) is 11.3 Å². The minimum absolute atomic E-state index is 0.00400. The third-order valence-electron chi connectivity index (χ3n) is 5.26. The van der Waals surface area contributed by atoms with E-state index in [1.54, 1.807) is 47.4 Å². The second-order valence-electron chi connectivity index (χ2n) is 7.40. The lowest BCUT2D eigenvalue weighted by atomic mass is 10.1. The fourth-order valence-electron chi connectivity index (χ4n) is 3.63. The van der Waals surface area contributed by atoms with E-state index in [9.17, 15) is 18.0 Å². The predicted molar refractivity (Wildman–Crippen MR) is 122 cm³/mol. The number of hydrogen-bond acceptors (Lipinski definition) is 5. The van der Waals surface area contributed by atoms with Crippen molar-refractivity contribution in [3.8, 4) is 11.3 Å². The van der Waals surface area contributed by atoms with E-state index in [-0.39, 0.29) is 29.5 Å². The molecule has 0 fully saturated rings. The zero-order valence-electron chi connectivity index (χ0n) is 17.3. The Labute approximate surface area is 190 Å². The lowest BCUT2D eigenvalue weighted by molar-refractivity contribution is -0.116. The molecule has 1 aromatic heterocycles. The van der Waals surface area contributed by atoms with Gasteiger partial charge < -0.3 is 4.90 Å². The van der Waals surface area contributed by atoms with Gasteiger partial charge in [0.15, 0.2) is 0 Å². The van der Waals surface area contributed by atoms with Crippen molar-refractivity contribution in [1.29, 1.82) is 0 Å². The molecule has 8 nitrogen and oxygen atoms in total. The van der Waals surface area contributed by atoms with Gasteiger partial charge >= 0.3 is 0 Å². The van der Waals surface area contributed by atoms with Gasteiger partial charge in [-0.1, -0.05) is 23.7 Å². The molecule has 2 aromatic carbocycles. The maximum Gasteiger partial charge on any atom is 0.266 e. The van der Waals surface area contributed by atoms with Crippen molar-refractivity contribution in [1.82, 2.24) is 14.5 Å². The Hall–Kier alpha value is -3.01. The molecule has 1 N–H and O–H groups in total. The third-order valence-corrected chi connectivity index (χ3v) is 6.97. The molecule has 10 heteroatoms. The molecular weight excluding hydrogens is 452 g/mol. The van der Waals surface area contributed by atoms with Gasteiger partial charge in [0, 0.05) is 42.4 Å². The largest absolute Gasteiger partial charge is 0.312 e. The first-order chi connectivity index (χ1) is 15.2. The summed E-state index contributed by atoms with van der Waals surface area (Å²) >= 11 is 5.91. The molecule has 1 amide bonds. The Balaban J connectivity index is 1.46. The van der Waals surface area contributed by atoms with Gasteiger partial charge in [0.05, 0.1) is 17.1 Å². The maximum atomic E-state index is 12.7. The summed E-state index contributed by atoms with van der Waals surface area (Å²) in [5.41, 5.74) is 2.60. The fourth-order valence-corrected chi connectivity index (χ4v) is 4.82. The van der Waals surface area contributed by atoms with Crippen LogP contribution in [0.2, 0.25) is 5.02 Å². The van der Waals surface area contributed by atoms with E-state index < -0.39 is 10.0 Å². The Morgan fingerprint density at radius 1 is 1.12 bits per heavy atom. The van der Waals surface area contributed by atoms with Crippen LogP contribution in [-0.4, -0.2) is 37.2 Å². The van der Waals surface area contributed by atoms with Gasteiger partial charge in [-0.2, -0.15) is 5.10 Å². The Morgan fingerprint density at radius 2 is 1.88 bits per heavy atom. The van der Waals surface area contributed by atoms with Gasteiger partial charge in [0.25, 0.3) is 5.56 Å². The zero-order valence-corrected chi connectivity index (χ0v) is 18.9. The van der Waals surface area contributed by atoms with Crippen LogP contribution in [0.5, 0.6) is 0 Å². The van der Waals surface area contributed by atoms with Crippen LogP contribution in [0.4, 0.5) is 5.69 Å². The van der Waals surface area contributed by atoms with E-state index in [0.717, 1.165) is 16.8 Å². The molecule has 4 rings (SSSR count). The number of nitrogens with zero attached hydrogens (tertiary/aromatic N) is 3. The number of carbonyl (C=O) groups is 1.